The molecule has 0 saturated heterocycles. The van der Waals surface area contributed by atoms with E-state index < -0.39 is 28.8 Å². The number of carbonyl (C=O) groups is 1. The smallest absolute Gasteiger partial charge is 0.350 e. The average molecular weight is 420 g/mol. The van der Waals surface area contributed by atoms with E-state index in [0.717, 1.165) is 16.8 Å². The second-order valence-electron chi connectivity index (χ2n) is 6.46. The topological polar surface area (TPSA) is 94.7 Å². The highest BCUT2D eigenvalue weighted by atomic mass is 19.4. The van der Waals surface area contributed by atoms with Gasteiger partial charge in [-0.2, -0.15) is 18.3 Å². The van der Waals surface area contributed by atoms with E-state index in [1.165, 1.54) is 25.1 Å². The highest BCUT2D eigenvalue weighted by Crippen LogP contribution is 2.33. The van der Waals surface area contributed by atoms with E-state index in [0.29, 0.717) is 18.8 Å². The van der Waals surface area contributed by atoms with Gasteiger partial charge in [-0.25, -0.2) is 4.68 Å². The van der Waals surface area contributed by atoms with Gasteiger partial charge in [0.2, 0.25) is 5.43 Å². The molecule has 158 valence electrons. The zero-order valence-corrected chi connectivity index (χ0v) is 16.3. The number of hydrogen-bond acceptors (Lipinski definition) is 5. The number of amides is 1. The number of hydrogen-bond donors (Lipinski definition) is 1. The minimum absolute atomic E-state index is 0.158. The number of rotatable bonds is 6. The van der Waals surface area contributed by atoms with Gasteiger partial charge >= 0.3 is 6.18 Å². The molecule has 1 amide bonds. The summed E-state index contributed by atoms with van der Waals surface area (Å²) in [6.45, 7) is 4.19. The Morgan fingerprint density at radius 3 is 2.67 bits per heavy atom. The zero-order chi connectivity index (χ0) is 21.9. The van der Waals surface area contributed by atoms with Crippen molar-refractivity contribution in [3.8, 4) is 5.69 Å². The summed E-state index contributed by atoms with van der Waals surface area (Å²) in [5.74, 6) is -0.119. The van der Waals surface area contributed by atoms with Crippen LogP contribution in [-0.2, 0) is 19.1 Å². The summed E-state index contributed by atoms with van der Waals surface area (Å²) in [6.07, 6.45) is -2.68. The maximum Gasteiger partial charge on any atom is 0.418 e. The third-order valence-corrected chi connectivity index (χ3v) is 4.43. The van der Waals surface area contributed by atoms with Crippen molar-refractivity contribution < 1.29 is 18.0 Å². The molecule has 0 bridgehead atoms. The van der Waals surface area contributed by atoms with E-state index in [2.05, 4.69) is 20.6 Å². The molecule has 1 N–H and O–H groups in total. The van der Waals surface area contributed by atoms with Crippen LogP contribution in [0.15, 0.2) is 41.5 Å². The van der Waals surface area contributed by atoms with Crippen molar-refractivity contribution in [2.75, 3.05) is 6.54 Å². The Bertz CT molecular complexity index is 1120. The van der Waals surface area contributed by atoms with Gasteiger partial charge in [0.15, 0.2) is 5.69 Å². The van der Waals surface area contributed by atoms with E-state index >= 15 is 0 Å². The molecule has 0 aliphatic heterocycles. The van der Waals surface area contributed by atoms with Gasteiger partial charge in [-0.1, -0.05) is 12.1 Å². The lowest BCUT2D eigenvalue weighted by atomic mass is 10.1. The molecule has 3 aromatic rings. The Kier molecular flexibility index (Phi) is 5.99. The summed E-state index contributed by atoms with van der Waals surface area (Å²) < 4.78 is 42.9. The fourth-order valence-electron chi connectivity index (χ4n) is 2.95. The summed E-state index contributed by atoms with van der Waals surface area (Å²) in [4.78, 5) is 24.7. The summed E-state index contributed by atoms with van der Waals surface area (Å²) in [7, 11) is 0. The summed E-state index contributed by atoms with van der Waals surface area (Å²) in [6, 6.07) is 5.91. The van der Waals surface area contributed by atoms with Crippen molar-refractivity contribution >= 4 is 5.91 Å². The van der Waals surface area contributed by atoms with Crippen LogP contribution in [0.1, 0.15) is 34.5 Å². The number of carbonyl (C=O) groups excluding carboxylic acids is 1. The third-order valence-electron chi connectivity index (χ3n) is 4.43. The molecule has 2 aromatic heterocycles. The van der Waals surface area contributed by atoms with E-state index in [9.17, 15) is 22.8 Å². The molecule has 30 heavy (non-hydrogen) atoms. The number of para-hydroxylation sites is 1. The molecule has 0 saturated carbocycles. The Labute approximate surface area is 169 Å². The number of aromatic nitrogens is 5. The third kappa shape index (κ3) is 4.39. The summed E-state index contributed by atoms with van der Waals surface area (Å²) in [5, 5.41) is 14.2. The van der Waals surface area contributed by atoms with Crippen LogP contribution in [0.2, 0.25) is 0 Å². The Balaban J connectivity index is 1.87. The molecule has 0 aliphatic carbocycles. The minimum Gasteiger partial charge on any atom is -0.350 e. The molecule has 8 nitrogen and oxygen atoms in total. The maximum absolute atomic E-state index is 13.4. The van der Waals surface area contributed by atoms with E-state index in [1.807, 2.05) is 6.92 Å². The van der Waals surface area contributed by atoms with Gasteiger partial charge in [0.25, 0.3) is 5.91 Å². The largest absolute Gasteiger partial charge is 0.418 e. The predicted molar refractivity (Wildman–Crippen MR) is 101 cm³/mol. The Hall–Kier alpha value is -3.50. The lowest BCUT2D eigenvalue weighted by molar-refractivity contribution is -0.137. The first-order valence-electron chi connectivity index (χ1n) is 9.14. The number of halogens is 3. The summed E-state index contributed by atoms with van der Waals surface area (Å²) >= 11 is 0. The minimum atomic E-state index is -4.62. The van der Waals surface area contributed by atoms with Crippen LogP contribution in [0, 0.1) is 6.92 Å². The van der Waals surface area contributed by atoms with Gasteiger partial charge in [0.05, 0.1) is 11.3 Å². The van der Waals surface area contributed by atoms with Gasteiger partial charge in [-0.05, 0) is 26.0 Å². The van der Waals surface area contributed by atoms with Crippen molar-refractivity contribution in [2.45, 2.75) is 33.0 Å². The number of benzene rings is 1. The van der Waals surface area contributed by atoms with Crippen LogP contribution in [0.5, 0.6) is 0 Å². The monoisotopic (exact) mass is 420 g/mol. The fourth-order valence-corrected chi connectivity index (χ4v) is 2.95. The quantitative estimate of drug-likeness (QED) is 0.659. The van der Waals surface area contributed by atoms with Crippen molar-refractivity contribution in [3.63, 3.8) is 0 Å². The van der Waals surface area contributed by atoms with Crippen LogP contribution in [-0.4, -0.2) is 37.0 Å². The molecule has 0 atom stereocenters. The molecule has 2 heterocycles. The average Bonchev–Trinajstić information content (AvgIpc) is 3.15. The first-order valence-corrected chi connectivity index (χ1v) is 9.14. The SMILES string of the molecule is CCn1cnnc1CCNC(=O)c1nn(-c2ccccc2C(F)(F)F)c(C)cc1=O. The van der Waals surface area contributed by atoms with Crippen molar-refractivity contribution in [1.82, 2.24) is 29.9 Å². The van der Waals surface area contributed by atoms with Gasteiger partial charge in [-0.15, -0.1) is 10.2 Å². The van der Waals surface area contributed by atoms with Gasteiger partial charge in [0.1, 0.15) is 12.2 Å². The first-order chi connectivity index (χ1) is 14.2. The molecule has 11 heteroatoms. The molecular weight excluding hydrogens is 401 g/mol. The van der Waals surface area contributed by atoms with Gasteiger partial charge in [-0.3, -0.25) is 9.59 Å². The van der Waals surface area contributed by atoms with E-state index in [1.54, 1.807) is 10.9 Å². The normalized spacial score (nSPS) is 11.5. The molecular formula is C19H19F3N6O2. The zero-order valence-electron chi connectivity index (χ0n) is 16.3. The second kappa shape index (κ2) is 8.47. The maximum atomic E-state index is 13.4. The lowest BCUT2D eigenvalue weighted by Gasteiger charge is -2.16. The number of aryl methyl sites for hydroxylation is 2. The van der Waals surface area contributed by atoms with Gasteiger partial charge < -0.3 is 9.88 Å². The van der Waals surface area contributed by atoms with Crippen LogP contribution in [0.4, 0.5) is 13.2 Å². The Morgan fingerprint density at radius 1 is 1.23 bits per heavy atom. The standard InChI is InChI=1S/C19H19F3N6O2/c1-3-27-11-24-25-16(27)8-9-23-18(30)17-15(29)10-12(2)28(26-17)14-7-5-4-6-13(14)19(20,21)22/h4-7,10-11H,3,8-9H2,1-2H3,(H,23,30). The second-order valence-corrected chi connectivity index (χ2v) is 6.46. The molecule has 0 aliphatic rings. The van der Waals surface area contributed by atoms with Gasteiger partial charge in [0, 0.05) is 31.3 Å². The molecule has 0 radical (unpaired) electrons. The molecule has 0 unspecified atom stereocenters. The van der Waals surface area contributed by atoms with E-state index in [4.69, 9.17) is 0 Å². The van der Waals surface area contributed by atoms with Crippen LogP contribution >= 0.6 is 0 Å². The first kappa shape index (κ1) is 21.2. The predicted octanol–water partition coefficient (Wildman–Crippen LogP) is 2.14. The highest BCUT2D eigenvalue weighted by Gasteiger charge is 2.34. The molecule has 0 spiro atoms. The lowest BCUT2D eigenvalue weighted by Crippen LogP contribution is -2.33. The van der Waals surface area contributed by atoms with Crippen molar-refractivity contribution in [3.05, 3.63) is 69.7 Å². The molecule has 0 fully saturated rings. The number of nitrogens with zero attached hydrogens (tertiary/aromatic N) is 5. The highest BCUT2D eigenvalue weighted by molar-refractivity contribution is 5.92. The summed E-state index contributed by atoms with van der Waals surface area (Å²) in [5.41, 5.74) is -2.19. The Morgan fingerprint density at radius 2 is 1.97 bits per heavy atom. The van der Waals surface area contributed by atoms with Crippen molar-refractivity contribution in [2.24, 2.45) is 0 Å². The number of alkyl halides is 3. The fraction of sp³-hybridized carbons (Fsp3) is 0.316. The van der Waals surface area contributed by atoms with E-state index in [-0.39, 0.29) is 17.9 Å². The van der Waals surface area contributed by atoms with Crippen LogP contribution in [0.25, 0.3) is 5.69 Å². The molecule has 3 rings (SSSR count). The van der Waals surface area contributed by atoms with Crippen LogP contribution < -0.4 is 10.7 Å². The molecule has 1 aromatic carbocycles. The van der Waals surface area contributed by atoms with Crippen molar-refractivity contribution in [1.29, 1.82) is 0 Å². The number of nitrogens with one attached hydrogen (secondary N) is 1. The van der Waals surface area contributed by atoms with Crippen LogP contribution in [0.3, 0.4) is 0 Å².